The fourth-order valence-electron chi connectivity index (χ4n) is 1.41. The fourth-order valence-corrected chi connectivity index (χ4v) is 2.73. The molecule has 0 saturated heterocycles. The molecule has 0 aliphatic carbocycles. The SMILES string of the molecule is CCCS(=O)(=O)Nc1ccc(Cl)cc1C#CCCO. The van der Waals surface area contributed by atoms with E-state index in [1.165, 1.54) is 0 Å². The second kappa shape index (κ2) is 7.39. The van der Waals surface area contributed by atoms with Crippen molar-refractivity contribution in [1.29, 1.82) is 0 Å². The van der Waals surface area contributed by atoms with E-state index in [0.717, 1.165) is 0 Å². The average Bonchev–Trinajstić information content (AvgIpc) is 2.32. The summed E-state index contributed by atoms with van der Waals surface area (Å²) < 4.78 is 26.0. The lowest BCUT2D eigenvalue weighted by atomic mass is 10.2. The van der Waals surface area contributed by atoms with Crippen molar-refractivity contribution < 1.29 is 13.5 Å². The lowest BCUT2D eigenvalue weighted by molar-refractivity contribution is 0.305. The van der Waals surface area contributed by atoms with E-state index >= 15 is 0 Å². The van der Waals surface area contributed by atoms with Crippen LogP contribution in [0, 0.1) is 11.8 Å². The van der Waals surface area contributed by atoms with Crippen LogP contribution in [-0.2, 0) is 10.0 Å². The van der Waals surface area contributed by atoms with Crippen molar-refractivity contribution >= 4 is 27.3 Å². The summed E-state index contributed by atoms with van der Waals surface area (Å²) in [6.07, 6.45) is 0.863. The molecule has 6 heteroatoms. The van der Waals surface area contributed by atoms with Gasteiger partial charge in [-0.15, -0.1) is 0 Å². The van der Waals surface area contributed by atoms with Crippen LogP contribution in [0.5, 0.6) is 0 Å². The van der Waals surface area contributed by atoms with E-state index < -0.39 is 10.0 Å². The lowest BCUT2D eigenvalue weighted by Crippen LogP contribution is -2.16. The summed E-state index contributed by atoms with van der Waals surface area (Å²) in [7, 11) is -3.36. The highest BCUT2D eigenvalue weighted by Crippen LogP contribution is 2.21. The first-order valence-electron chi connectivity index (χ1n) is 5.88. The van der Waals surface area contributed by atoms with Crippen LogP contribution in [0.4, 0.5) is 5.69 Å². The Hall–Kier alpha value is -1.22. The topological polar surface area (TPSA) is 66.4 Å². The van der Waals surface area contributed by atoms with E-state index in [2.05, 4.69) is 16.6 Å². The van der Waals surface area contributed by atoms with Crippen LogP contribution in [0.3, 0.4) is 0 Å². The molecule has 4 nitrogen and oxygen atoms in total. The van der Waals surface area contributed by atoms with Crippen molar-refractivity contribution in [3.8, 4) is 11.8 Å². The van der Waals surface area contributed by atoms with Crippen LogP contribution in [-0.4, -0.2) is 25.9 Å². The highest BCUT2D eigenvalue weighted by molar-refractivity contribution is 7.92. The maximum atomic E-state index is 11.7. The van der Waals surface area contributed by atoms with Crippen LogP contribution >= 0.6 is 11.6 Å². The van der Waals surface area contributed by atoms with Crippen LogP contribution in [0.1, 0.15) is 25.3 Å². The molecule has 1 aromatic carbocycles. The van der Waals surface area contributed by atoms with Crippen LogP contribution in [0.2, 0.25) is 5.02 Å². The third kappa shape index (κ3) is 5.52. The molecule has 104 valence electrons. The van der Waals surface area contributed by atoms with Crippen molar-refractivity contribution in [2.75, 3.05) is 17.1 Å². The molecule has 1 aromatic rings. The van der Waals surface area contributed by atoms with Gasteiger partial charge in [0.15, 0.2) is 0 Å². The van der Waals surface area contributed by atoms with Gasteiger partial charge in [0, 0.05) is 11.4 Å². The predicted octanol–water partition coefficient (Wildman–Crippen LogP) is 2.23. The van der Waals surface area contributed by atoms with E-state index in [1.54, 1.807) is 25.1 Å². The van der Waals surface area contributed by atoms with Gasteiger partial charge in [-0.3, -0.25) is 4.72 Å². The molecule has 2 N–H and O–H groups in total. The van der Waals surface area contributed by atoms with E-state index in [0.29, 0.717) is 29.1 Å². The molecule has 0 radical (unpaired) electrons. The Balaban J connectivity index is 3.04. The monoisotopic (exact) mass is 301 g/mol. The Bertz CT molecular complexity index is 588. The largest absolute Gasteiger partial charge is 0.395 e. The van der Waals surface area contributed by atoms with Crippen LogP contribution < -0.4 is 4.72 Å². The van der Waals surface area contributed by atoms with E-state index in [9.17, 15) is 8.42 Å². The van der Waals surface area contributed by atoms with Crippen molar-refractivity contribution in [3.05, 3.63) is 28.8 Å². The third-order valence-electron chi connectivity index (χ3n) is 2.18. The van der Waals surface area contributed by atoms with Crippen molar-refractivity contribution in [1.82, 2.24) is 0 Å². The second-order valence-corrected chi connectivity index (χ2v) is 6.16. The summed E-state index contributed by atoms with van der Waals surface area (Å²) in [5, 5.41) is 9.16. The number of nitrogens with one attached hydrogen (secondary N) is 1. The maximum absolute atomic E-state index is 11.7. The minimum absolute atomic E-state index is 0.0372. The van der Waals surface area contributed by atoms with Crippen LogP contribution in [0.15, 0.2) is 18.2 Å². The second-order valence-electron chi connectivity index (χ2n) is 3.89. The van der Waals surface area contributed by atoms with Gasteiger partial charge in [-0.2, -0.15) is 0 Å². The Morgan fingerprint density at radius 3 is 2.79 bits per heavy atom. The maximum Gasteiger partial charge on any atom is 0.232 e. The van der Waals surface area contributed by atoms with E-state index in [-0.39, 0.29) is 12.4 Å². The molecule has 0 saturated carbocycles. The first kappa shape index (κ1) is 15.8. The molecular weight excluding hydrogens is 286 g/mol. The van der Waals surface area contributed by atoms with Gasteiger partial charge in [0.1, 0.15) is 0 Å². The molecule has 0 atom stereocenters. The van der Waals surface area contributed by atoms with Crippen LogP contribution in [0.25, 0.3) is 0 Å². The van der Waals surface area contributed by atoms with Gasteiger partial charge >= 0.3 is 0 Å². The van der Waals surface area contributed by atoms with E-state index in [4.69, 9.17) is 16.7 Å². The van der Waals surface area contributed by atoms with Crippen molar-refractivity contribution in [3.63, 3.8) is 0 Å². The smallest absolute Gasteiger partial charge is 0.232 e. The van der Waals surface area contributed by atoms with Gasteiger partial charge in [-0.05, 0) is 24.6 Å². The standard InChI is InChI=1S/C13H16ClNO3S/c1-2-9-19(17,18)15-13-7-6-12(14)10-11(13)5-3-4-8-16/h6-7,10,15-16H,2,4,8-9H2,1H3. The summed E-state index contributed by atoms with van der Waals surface area (Å²) in [5.41, 5.74) is 0.906. The number of anilines is 1. The third-order valence-corrected chi connectivity index (χ3v) is 3.89. The summed E-state index contributed by atoms with van der Waals surface area (Å²) in [6, 6.07) is 4.77. The minimum atomic E-state index is -3.36. The first-order valence-corrected chi connectivity index (χ1v) is 7.91. The highest BCUT2D eigenvalue weighted by atomic mass is 35.5. The van der Waals surface area contributed by atoms with Gasteiger partial charge in [0.2, 0.25) is 10.0 Å². The Kier molecular flexibility index (Phi) is 6.16. The van der Waals surface area contributed by atoms with E-state index in [1.807, 2.05) is 0 Å². The number of aliphatic hydroxyl groups excluding tert-OH is 1. The molecule has 19 heavy (non-hydrogen) atoms. The number of benzene rings is 1. The molecule has 0 aliphatic rings. The Morgan fingerprint density at radius 2 is 2.16 bits per heavy atom. The predicted molar refractivity (Wildman–Crippen MR) is 77.7 cm³/mol. The Labute approximate surface area is 118 Å². The fraction of sp³-hybridized carbons (Fsp3) is 0.385. The summed E-state index contributed by atoms with van der Waals surface area (Å²) in [4.78, 5) is 0. The minimum Gasteiger partial charge on any atom is -0.395 e. The number of rotatable bonds is 5. The van der Waals surface area contributed by atoms with Gasteiger partial charge in [-0.25, -0.2) is 8.42 Å². The van der Waals surface area contributed by atoms with Crippen molar-refractivity contribution in [2.24, 2.45) is 0 Å². The van der Waals surface area contributed by atoms with Crippen molar-refractivity contribution in [2.45, 2.75) is 19.8 Å². The number of hydrogen-bond acceptors (Lipinski definition) is 3. The normalized spacial score (nSPS) is 10.7. The van der Waals surface area contributed by atoms with Gasteiger partial charge in [0.05, 0.1) is 23.6 Å². The van der Waals surface area contributed by atoms with Gasteiger partial charge in [0.25, 0.3) is 0 Å². The molecule has 0 spiro atoms. The first-order chi connectivity index (χ1) is 8.98. The molecule has 0 bridgehead atoms. The molecule has 0 aromatic heterocycles. The number of aliphatic hydroxyl groups is 1. The number of halogens is 1. The molecule has 0 unspecified atom stereocenters. The Morgan fingerprint density at radius 1 is 1.42 bits per heavy atom. The number of hydrogen-bond donors (Lipinski definition) is 2. The summed E-state index contributed by atoms with van der Waals surface area (Å²) >= 11 is 5.87. The summed E-state index contributed by atoms with van der Waals surface area (Å²) in [6.45, 7) is 1.76. The van der Waals surface area contributed by atoms with Gasteiger partial charge in [-0.1, -0.05) is 30.4 Å². The zero-order valence-electron chi connectivity index (χ0n) is 10.6. The molecule has 0 amide bonds. The molecular formula is C13H16ClNO3S. The van der Waals surface area contributed by atoms with Gasteiger partial charge < -0.3 is 5.11 Å². The average molecular weight is 302 g/mol. The lowest BCUT2D eigenvalue weighted by Gasteiger charge is -2.09. The quantitative estimate of drug-likeness (QED) is 0.820. The zero-order valence-corrected chi connectivity index (χ0v) is 12.2. The zero-order chi connectivity index (χ0) is 14.3. The molecule has 1 rings (SSSR count). The molecule has 0 heterocycles. The highest BCUT2D eigenvalue weighted by Gasteiger charge is 2.11. The summed E-state index contributed by atoms with van der Waals surface area (Å²) in [5.74, 6) is 5.60. The number of sulfonamides is 1. The molecule has 0 fully saturated rings. The molecule has 0 aliphatic heterocycles.